The Morgan fingerprint density at radius 2 is 1.56 bits per heavy atom. The molecule has 4 aromatic rings. The van der Waals surface area contributed by atoms with Crippen LogP contribution in [0.15, 0.2) is 120 Å². The van der Waals surface area contributed by atoms with Gasteiger partial charge in [0.05, 0.1) is 29.8 Å². The van der Waals surface area contributed by atoms with Gasteiger partial charge in [0.25, 0.3) is 10.0 Å². The summed E-state index contributed by atoms with van der Waals surface area (Å²) >= 11 is 0. The van der Waals surface area contributed by atoms with Crippen LogP contribution in [0.25, 0.3) is 6.08 Å². The molecule has 8 heteroatoms. The lowest BCUT2D eigenvalue weighted by Gasteiger charge is -2.25. The predicted molar refractivity (Wildman–Crippen MR) is 160 cm³/mol. The molecule has 1 unspecified atom stereocenters. The molecule has 0 aliphatic rings. The summed E-state index contributed by atoms with van der Waals surface area (Å²) in [6.07, 6.45) is 3.31. The van der Waals surface area contributed by atoms with Gasteiger partial charge >= 0.3 is 5.97 Å². The molecule has 4 rings (SSSR count). The highest BCUT2D eigenvalue weighted by Gasteiger charge is 2.25. The van der Waals surface area contributed by atoms with E-state index in [-0.39, 0.29) is 24.5 Å². The third-order valence-electron chi connectivity index (χ3n) is 6.42. The number of carboxylic acid groups (broad SMARTS) is 1. The highest BCUT2D eigenvalue weighted by molar-refractivity contribution is 7.92. The number of hydrogen-bond donors (Lipinski definition) is 2. The van der Waals surface area contributed by atoms with Crippen LogP contribution >= 0.6 is 0 Å². The van der Waals surface area contributed by atoms with Gasteiger partial charge in [-0.1, -0.05) is 91.0 Å². The molecule has 0 aliphatic carbocycles. The van der Waals surface area contributed by atoms with Crippen molar-refractivity contribution in [1.29, 1.82) is 0 Å². The maximum Gasteiger partial charge on any atom is 0.303 e. The second-order valence-electron chi connectivity index (χ2n) is 9.47. The van der Waals surface area contributed by atoms with E-state index < -0.39 is 22.1 Å². The molecule has 0 saturated carbocycles. The first-order valence-electron chi connectivity index (χ1n) is 13.3. The fourth-order valence-corrected chi connectivity index (χ4v) is 5.73. The number of aliphatic hydroxyl groups excluding tert-OH is 1. The zero-order chi connectivity index (χ0) is 29.1. The van der Waals surface area contributed by atoms with Crippen LogP contribution in [0.4, 0.5) is 5.69 Å². The lowest BCUT2D eigenvalue weighted by molar-refractivity contribution is -0.136. The largest absolute Gasteiger partial charge is 0.493 e. The van der Waals surface area contributed by atoms with Crippen LogP contribution in [0.3, 0.4) is 0 Å². The smallest absolute Gasteiger partial charge is 0.303 e. The van der Waals surface area contributed by atoms with Gasteiger partial charge in [-0.05, 0) is 53.4 Å². The highest BCUT2D eigenvalue weighted by Crippen LogP contribution is 2.27. The fraction of sp³-hybridized carbons (Fsp3) is 0.182. The van der Waals surface area contributed by atoms with Crippen molar-refractivity contribution in [2.24, 2.45) is 0 Å². The quantitative estimate of drug-likeness (QED) is 0.194. The number of aliphatic carboxylic acids is 1. The molecule has 4 aromatic carbocycles. The molecule has 41 heavy (non-hydrogen) atoms. The van der Waals surface area contributed by atoms with E-state index in [4.69, 9.17) is 9.84 Å². The van der Waals surface area contributed by atoms with Gasteiger partial charge in [-0.25, -0.2) is 8.42 Å². The van der Waals surface area contributed by atoms with Crippen molar-refractivity contribution in [2.75, 3.05) is 10.9 Å². The number of carboxylic acids is 1. The number of carbonyl (C=O) groups is 1. The SMILES string of the molecule is O=C(O)CCc1ccccc1OCCC(O)/C=C/c1cccc(N(Cc2ccccc2)S(=O)(=O)c2ccccc2)c1. The fourth-order valence-electron chi connectivity index (χ4n) is 4.27. The monoisotopic (exact) mass is 571 g/mol. The van der Waals surface area contributed by atoms with Gasteiger partial charge in [-0.3, -0.25) is 9.10 Å². The Morgan fingerprint density at radius 3 is 2.29 bits per heavy atom. The van der Waals surface area contributed by atoms with E-state index in [1.807, 2.05) is 54.6 Å². The van der Waals surface area contributed by atoms with E-state index >= 15 is 0 Å². The Kier molecular flexibility index (Phi) is 10.3. The lowest BCUT2D eigenvalue weighted by Crippen LogP contribution is -2.30. The van der Waals surface area contributed by atoms with Gasteiger partial charge in [0.15, 0.2) is 0 Å². The summed E-state index contributed by atoms with van der Waals surface area (Å²) in [5, 5.41) is 19.5. The van der Waals surface area contributed by atoms with Crippen LogP contribution < -0.4 is 9.04 Å². The van der Waals surface area contributed by atoms with Crippen LogP contribution in [0.1, 0.15) is 29.5 Å². The molecule has 212 valence electrons. The molecule has 0 heterocycles. The number of aryl methyl sites for hydroxylation is 1. The zero-order valence-electron chi connectivity index (χ0n) is 22.5. The summed E-state index contributed by atoms with van der Waals surface area (Å²) in [4.78, 5) is 11.1. The number of hydrogen-bond acceptors (Lipinski definition) is 5. The maximum absolute atomic E-state index is 13.7. The second kappa shape index (κ2) is 14.3. The summed E-state index contributed by atoms with van der Waals surface area (Å²) in [6, 6.07) is 32.2. The Morgan fingerprint density at radius 1 is 0.878 bits per heavy atom. The molecule has 1 atom stereocenters. The van der Waals surface area contributed by atoms with Crippen molar-refractivity contribution in [3.8, 4) is 5.75 Å². The number of nitrogens with zero attached hydrogens (tertiary/aromatic N) is 1. The minimum atomic E-state index is -3.84. The van der Waals surface area contributed by atoms with E-state index in [1.54, 1.807) is 66.7 Å². The number of sulfonamides is 1. The molecule has 7 nitrogen and oxygen atoms in total. The molecule has 0 fully saturated rings. The van der Waals surface area contributed by atoms with Crippen molar-refractivity contribution in [3.63, 3.8) is 0 Å². The standard InChI is InChI=1S/C33H33NO6S/c35-30(22-23-40-32-17-8-7-13-28(32)19-21-33(36)37)20-18-26-12-9-14-29(24-26)34(25-27-10-3-1-4-11-27)41(38,39)31-15-5-2-6-16-31/h1-18,20,24,30,35H,19,21-23,25H2,(H,36,37)/b20-18+. The summed E-state index contributed by atoms with van der Waals surface area (Å²) in [5.41, 5.74) is 2.91. The zero-order valence-corrected chi connectivity index (χ0v) is 23.4. The molecule has 0 saturated heterocycles. The van der Waals surface area contributed by atoms with Gasteiger partial charge in [0.1, 0.15) is 5.75 Å². The van der Waals surface area contributed by atoms with Crippen molar-refractivity contribution in [2.45, 2.75) is 36.8 Å². The van der Waals surface area contributed by atoms with Crippen molar-refractivity contribution < 1.29 is 28.2 Å². The molecule has 0 bridgehead atoms. The van der Waals surface area contributed by atoms with E-state index in [0.717, 1.165) is 16.7 Å². The topological polar surface area (TPSA) is 104 Å². The third kappa shape index (κ3) is 8.54. The molecule has 0 spiro atoms. The summed E-state index contributed by atoms with van der Waals surface area (Å²) in [6.45, 7) is 0.412. The van der Waals surface area contributed by atoms with E-state index in [9.17, 15) is 18.3 Å². The molecule has 0 aromatic heterocycles. The average Bonchev–Trinajstić information content (AvgIpc) is 2.99. The Labute approximate surface area is 241 Å². The van der Waals surface area contributed by atoms with Gasteiger partial charge in [-0.15, -0.1) is 0 Å². The summed E-state index contributed by atoms with van der Waals surface area (Å²) < 4.78 is 34.6. The van der Waals surface area contributed by atoms with Gasteiger partial charge < -0.3 is 14.9 Å². The van der Waals surface area contributed by atoms with Crippen LogP contribution in [0, 0.1) is 0 Å². The maximum atomic E-state index is 13.7. The highest BCUT2D eigenvalue weighted by atomic mass is 32.2. The number of benzene rings is 4. The molecule has 0 aliphatic heterocycles. The first-order valence-corrected chi connectivity index (χ1v) is 14.8. The van der Waals surface area contributed by atoms with E-state index in [2.05, 4.69) is 0 Å². The molecular weight excluding hydrogens is 538 g/mol. The second-order valence-corrected chi connectivity index (χ2v) is 11.3. The number of rotatable bonds is 14. The van der Waals surface area contributed by atoms with Crippen molar-refractivity contribution in [1.82, 2.24) is 0 Å². The molecule has 0 amide bonds. The summed E-state index contributed by atoms with van der Waals surface area (Å²) in [5.74, 6) is -0.263. The normalized spacial score (nSPS) is 12.2. The van der Waals surface area contributed by atoms with E-state index in [1.165, 1.54) is 4.31 Å². The van der Waals surface area contributed by atoms with Gasteiger partial charge in [0.2, 0.25) is 0 Å². The number of para-hydroxylation sites is 1. The van der Waals surface area contributed by atoms with Crippen LogP contribution in [-0.2, 0) is 27.8 Å². The van der Waals surface area contributed by atoms with Gasteiger partial charge in [-0.2, -0.15) is 0 Å². The predicted octanol–water partition coefficient (Wildman–Crippen LogP) is 5.94. The molecular formula is C33H33NO6S. The van der Waals surface area contributed by atoms with E-state index in [0.29, 0.717) is 24.3 Å². The van der Waals surface area contributed by atoms with Crippen LogP contribution in [-0.4, -0.2) is 37.3 Å². The third-order valence-corrected chi connectivity index (χ3v) is 8.21. The minimum absolute atomic E-state index is 0.0141. The van der Waals surface area contributed by atoms with Crippen LogP contribution in [0.5, 0.6) is 5.75 Å². The first-order chi connectivity index (χ1) is 19.8. The Hall–Kier alpha value is -4.40. The summed E-state index contributed by atoms with van der Waals surface area (Å²) in [7, 11) is -3.84. The van der Waals surface area contributed by atoms with Gasteiger partial charge in [0, 0.05) is 12.8 Å². The average molecular weight is 572 g/mol. The minimum Gasteiger partial charge on any atom is -0.493 e. The first kappa shape index (κ1) is 29.6. The van der Waals surface area contributed by atoms with Crippen LogP contribution in [0.2, 0.25) is 0 Å². The van der Waals surface area contributed by atoms with Crippen molar-refractivity contribution >= 4 is 27.8 Å². The number of aliphatic hydroxyl groups is 1. The van der Waals surface area contributed by atoms with Crippen molar-refractivity contribution in [3.05, 3.63) is 132 Å². The number of anilines is 1. The lowest BCUT2D eigenvalue weighted by atomic mass is 10.1. The Bertz CT molecular complexity index is 1560. The number of ether oxygens (including phenoxy) is 1. The Balaban J connectivity index is 1.45. The molecule has 0 radical (unpaired) electrons. The molecule has 2 N–H and O–H groups in total.